The predicted molar refractivity (Wildman–Crippen MR) is 131 cm³/mol. The van der Waals surface area contributed by atoms with Crippen LogP contribution in [-0.4, -0.2) is 0 Å². The summed E-state index contributed by atoms with van der Waals surface area (Å²) < 4.78 is 163. The van der Waals surface area contributed by atoms with Gasteiger partial charge < -0.3 is 24.8 Å². The second-order valence-electron chi connectivity index (χ2n) is 10.8. The van der Waals surface area contributed by atoms with Crippen LogP contribution in [0, 0.1) is 0 Å². The average Bonchev–Trinajstić information content (AvgIpc) is 3.30. The van der Waals surface area contributed by atoms with Crippen LogP contribution in [-0.2, 0) is 54.0 Å². The van der Waals surface area contributed by atoms with Crippen LogP contribution in [0.5, 0.6) is 0 Å². The van der Waals surface area contributed by atoms with Gasteiger partial charge in [0.25, 0.3) is 0 Å². The topological polar surface area (TPSA) is 0 Å². The quantitative estimate of drug-likeness (QED) is 0.308. The molecule has 15 heteroatoms. The van der Waals surface area contributed by atoms with Gasteiger partial charge in [-0.05, 0) is 0 Å². The first-order chi connectivity index (χ1) is 19.4. The fourth-order valence-electron chi connectivity index (χ4n) is 5.26. The molecular formula is C30H22Cl2F12Hf. The maximum atomic E-state index is 13.8. The van der Waals surface area contributed by atoms with Gasteiger partial charge in [-0.2, -0.15) is 0 Å². The van der Waals surface area contributed by atoms with E-state index in [9.17, 15) is 52.7 Å². The summed E-state index contributed by atoms with van der Waals surface area (Å²) in [6, 6.07) is 2.31. The van der Waals surface area contributed by atoms with Crippen LogP contribution >= 0.6 is 0 Å². The van der Waals surface area contributed by atoms with Gasteiger partial charge in [-0.25, -0.2) is 0 Å². The molecule has 0 aromatic heterocycles. The van der Waals surface area contributed by atoms with Crippen LogP contribution in [0.25, 0.3) is 0 Å². The number of allylic oxidation sites excluding steroid dienone is 8. The molecule has 0 fully saturated rings. The molecule has 2 aliphatic carbocycles. The van der Waals surface area contributed by atoms with Crippen molar-refractivity contribution >= 4 is 0 Å². The van der Waals surface area contributed by atoms with Crippen molar-refractivity contribution in [1.29, 1.82) is 0 Å². The number of hydrogen-bond acceptors (Lipinski definition) is 0. The minimum atomic E-state index is -5.16. The number of hydrogen-bond donors (Lipinski definition) is 0. The van der Waals surface area contributed by atoms with Gasteiger partial charge in [-0.15, -0.1) is 0 Å². The molecule has 0 saturated heterocycles. The minimum absolute atomic E-state index is 0. The Morgan fingerprint density at radius 3 is 0.778 bits per heavy atom. The fourth-order valence-corrected chi connectivity index (χ4v) is 13.9. The van der Waals surface area contributed by atoms with Crippen molar-refractivity contribution in [2.24, 2.45) is 0 Å². The van der Waals surface area contributed by atoms with E-state index >= 15 is 0 Å². The van der Waals surface area contributed by atoms with E-state index in [-0.39, 0.29) is 48.1 Å². The Kier molecular flexibility index (Phi) is 10.9. The molecular weight excluding hydrogens is 838 g/mol. The van der Waals surface area contributed by atoms with E-state index in [2.05, 4.69) is 0 Å². The summed E-state index contributed by atoms with van der Waals surface area (Å²) in [6.07, 6.45) is -14.7. The second-order valence-corrected chi connectivity index (χ2v) is 17.6. The van der Waals surface area contributed by atoms with E-state index in [4.69, 9.17) is 0 Å². The van der Waals surface area contributed by atoms with Crippen LogP contribution in [0.4, 0.5) is 52.7 Å². The molecule has 0 unspecified atom stereocenters. The normalized spacial score (nSPS) is 17.8. The Morgan fingerprint density at radius 1 is 0.400 bits per heavy atom. The SMILES string of the molecule is CC1=C[C]([Hf+2][C]2(c3cc(C(F)(F)F)cc(C(F)(F)F)c3)C=C(C)C(C)=C2)(c2cc(C(F)(F)F)cc(C(F)(F)F)c2)C=C1C.[Cl-].[Cl-]. The van der Waals surface area contributed by atoms with E-state index < -0.39 is 76.2 Å². The van der Waals surface area contributed by atoms with Gasteiger partial charge in [0.2, 0.25) is 0 Å². The second kappa shape index (κ2) is 12.6. The Balaban J connectivity index is 0.00000353. The van der Waals surface area contributed by atoms with E-state index in [0.717, 1.165) is 0 Å². The van der Waals surface area contributed by atoms with Crippen LogP contribution in [0.1, 0.15) is 61.1 Å². The molecule has 2 aromatic carbocycles. The number of alkyl halides is 12. The molecule has 0 nitrogen and oxygen atoms in total. The summed E-state index contributed by atoms with van der Waals surface area (Å²) in [4.78, 5) is 0. The monoisotopic (exact) mass is 860 g/mol. The molecule has 0 atom stereocenters. The van der Waals surface area contributed by atoms with Gasteiger partial charge in [-0.1, -0.05) is 0 Å². The Hall–Kier alpha value is -1.99. The molecule has 4 rings (SSSR count). The van der Waals surface area contributed by atoms with Gasteiger partial charge >= 0.3 is 251 Å². The molecule has 0 saturated carbocycles. The third kappa shape index (κ3) is 7.94. The minimum Gasteiger partial charge on any atom is -1.00 e. The average molecular weight is 860 g/mol. The molecule has 0 N–H and O–H groups in total. The molecule has 0 amide bonds. The van der Waals surface area contributed by atoms with Crippen molar-refractivity contribution in [3.8, 4) is 0 Å². The molecule has 244 valence electrons. The number of rotatable bonds is 4. The Morgan fingerprint density at radius 2 is 0.600 bits per heavy atom. The van der Waals surface area contributed by atoms with Crippen LogP contribution < -0.4 is 24.8 Å². The third-order valence-corrected chi connectivity index (χ3v) is 14.7. The van der Waals surface area contributed by atoms with Crippen molar-refractivity contribution in [2.75, 3.05) is 0 Å². The summed E-state index contributed by atoms with van der Waals surface area (Å²) >= 11 is -3.14. The van der Waals surface area contributed by atoms with Gasteiger partial charge in [-0.3, -0.25) is 0 Å². The zero-order chi connectivity index (χ0) is 32.6. The number of benzene rings is 2. The molecule has 0 spiro atoms. The molecule has 0 aliphatic heterocycles. The Labute approximate surface area is 274 Å². The third-order valence-electron chi connectivity index (χ3n) is 7.57. The largest absolute Gasteiger partial charge is 1.00 e. The van der Waals surface area contributed by atoms with E-state index in [1.807, 2.05) is 0 Å². The van der Waals surface area contributed by atoms with Gasteiger partial charge in [0.05, 0.1) is 0 Å². The van der Waals surface area contributed by atoms with Gasteiger partial charge in [0.1, 0.15) is 0 Å². The van der Waals surface area contributed by atoms with Crippen molar-refractivity contribution in [3.05, 3.63) is 116 Å². The first kappa shape index (κ1) is 39.2. The van der Waals surface area contributed by atoms with Gasteiger partial charge in [0.15, 0.2) is 0 Å². The molecule has 0 radical (unpaired) electrons. The summed E-state index contributed by atoms with van der Waals surface area (Å²) in [5.74, 6) is 0. The van der Waals surface area contributed by atoms with Crippen molar-refractivity contribution in [2.45, 2.75) is 58.7 Å². The first-order valence-electron chi connectivity index (χ1n) is 12.5. The fraction of sp³-hybridized carbons (Fsp3) is 0.333. The van der Waals surface area contributed by atoms with E-state index in [0.29, 0.717) is 46.6 Å². The van der Waals surface area contributed by atoms with E-state index in [1.54, 1.807) is 27.7 Å². The Bertz CT molecular complexity index is 1370. The molecule has 0 heterocycles. The van der Waals surface area contributed by atoms with Crippen molar-refractivity contribution < 1.29 is 100 Å². The molecule has 2 aromatic rings. The van der Waals surface area contributed by atoms with Crippen LogP contribution in [0.3, 0.4) is 0 Å². The summed E-state index contributed by atoms with van der Waals surface area (Å²) in [6.45, 7) is 6.35. The maximum absolute atomic E-state index is 13.8. The summed E-state index contributed by atoms with van der Waals surface area (Å²) in [5.41, 5.74) is -4.94. The van der Waals surface area contributed by atoms with E-state index in [1.165, 1.54) is 24.3 Å². The standard InChI is InChI=1S/2C15H11F6.2ClH.Hf/c2*1-8-3-10(4-9(8)2)11-5-12(14(16,17)18)7-13(6-11)15(19,20)21;;;/h2*3-7H,1-2H3;2*1H;/q;;;;+2/p-2. The molecule has 45 heavy (non-hydrogen) atoms. The van der Waals surface area contributed by atoms with Crippen LogP contribution in [0.15, 0.2) is 83.0 Å². The smallest absolute Gasteiger partial charge is 1.00 e. The zero-order valence-corrected chi connectivity index (χ0v) is 28.7. The zero-order valence-electron chi connectivity index (χ0n) is 23.6. The summed E-state index contributed by atoms with van der Waals surface area (Å²) in [7, 11) is 0. The first-order valence-corrected chi connectivity index (χ1v) is 16.1. The summed E-state index contributed by atoms with van der Waals surface area (Å²) in [5, 5.41) is 0. The molecule has 2 aliphatic rings. The molecule has 0 bridgehead atoms. The maximum Gasteiger partial charge on any atom is -1.00 e. The predicted octanol–water partition coefficient (Wildman–Crippen LogP) is 4.76. The van der Waals surface area contributed by atoms with Crippen molar-refractivity contribution in [1.82, 2.24) is 0 Å². The van der Waals surface area contributed by atoms with Crippen molar-refractivity contribution in [3.63, 3.8) is 0 Å². The van der Waals surface area contributed by atoms with Crippen LogP contribution in [0.2, 0.25) is 0 Å². The van der Waals surface area contributed by atoms with Gasteiger partial charge in [0, 0.05) is 0 Å². The number of halogens is 14.